The second kappa shape index (κ2) is 8.14. The molecule has 1 atom stereocenters. The number of amides is 1. The predicted octanol–water partition coefficient (Wildman–Crippen LogP) is 6.58. The van der Waals surface area contributed by atoms with Gasteiger partial charge >= 0.3 is 0 Å². The minimum atomic E-state index is -0.860. The van der Waals surface area contributed by atoms with Crippen LogP contribution in [0, 0.1) is 5.82 Å². The van der Waals surface area contributed by atoms with Gasteiger partial charge in [-0.1, -0.05) is 62.4 Å². The summed E-state index contributed by atoms with van der Waals surface area (Å²) in [7, 11) is 0. The van der Waals surface area contributed by atoms with Crippen LogP contribution in [0.3, 0.4) is 0 Å². The van der Waals surface area contributed by atoms with Gasteiger partial charge in [0.05, 0.1) is 26.7 Å². The molecule has 0 radical (unpaired) electrons. The lowest BCUT2D eigenvalue weighted by atomic mass is 9.85. The van der Waals surface area contributed by atoms with Crippen LogP contribution in [-0.2, 0) is 10.2 Å². The van der Waals surface area contributed by atoms with Gasteiger partial charge in [0.25, 0.3) is 5.91 Å². The average Bonchev–Trinajstić information content (AvgIpc) is 3.52. The van der Waals surface area contributed by atoms with Crippen molar-refractivity contribution < 1.29 is 19.1 Å². The molecule has 0 aliphatic carbocycles. The Morgan fingerprint density at radius 1 is 1.12 bits per heavy atom. The number of hydrogen-bond acceptors (Lipinski definition) is 6. The summed E-state index contributed by atoms with van der Waals surface area (Å²) < 4.78 is 14.3. The van der Waals surface area contributed by atoms with Gasteiger partial charge in [0.2, 0.25) is 5.78 Å². The maximum atomic E-state index is 13.8. The summed E-state index contributed by atoms with van der Waals surface area (Å²) in [6, 6.07) is 14.4. The Morgan fingerprint density at radius 3 is 2.50 bits per heavy atom. The number of aliphatic hydroxyl groups is 1. The Morgan fingerprint density at radius 2 is 1.85 bits per heavy atom. The van der Waals surface area contributed by atoms with Crippen molar-refractivity contribution in [2.24, 2.45) is 0 Å². The van der Waals surface area contributed by atoms with E-state index in [9.17, 15) is 19.1 Å². The summed E-state index contributed by atoms with van der Waals surface area (Å²) in [5, 5.41) is 12.9. The highest BCUT2D eigenvalue weighted by Crippen LogP contribution is 2.44. The maximum Gasteiger partial charge on any atom is 0.296 e. The summed E-state index contributed by atoms with van der Waals surface area (Å²) in [5.41, 5.74) is 2.25. The minimum absolute atomic E-state index is 0.0152. The summed E-state index contributed by atoms with van der Waals surface area (Å²) in [6.07, 6.45) is 0. The number of Topliss-reactive ketones (excluding diaryl/α,β-unsaturated/α-hetero) is 1. The van der Waals surface area contributed by atoms with E-state index in [0.29, 0.717) is 20.7 Å². The fourth-order valence-electron chi connectivity index (χ4n) is 4.05. The van der Waals surface area contributed by atoms with Crippen LogP contribution in [0.4, 0.5) is 9.52 Å². The van der Waals surface area contributed by atoms with E-state index >= 15 is 0 Å². The van der Waals surface area contributed by atoms with Gasteiger partial charge in [0.15, 0.2) is 10.9 Å². The van der Waals surface area contributed by atoms with E-state index in [-0.39, 0.29) is 16.1 Å². The van der Waals surface area contributed by atoms with Gasteiger partial charge in [-0.05, 0) is 46.2 Å². The third-order valence-electron chi connectivity index (χ3n) is 5.84. The van der Waals surface area contributed by atoms with Crippen molar-refractivity contribution in [2.45, 2.75) is 32.2 Å². The minimum Gasteiger partial charge on any atom is -0.503 e. The molecule has 2 aromatic carbocycles. The van der Waals surface area contributed by atoms with Crippen LogP contribution >= 0.6 is 22.7 Å². The van der Waals surface area contributed by atoms with E-state index < -0.39 is 29.3 Å². The lowest BCUT2D eigenvalue weighted by molar-refractivity contribution is -0.117. The third kappa shape index (κ3) is 3.73. The lowest BCUT2D eigenvalue weighted by Gasteiger charge is -2.25. The molecule has 0 saturated heterocycles. The number of aliphatic hydroxyl groups excluding tert-OH is 1. The number of halogens is 1. The highest BCUT2D eigenvalue weighted by molar-refractivity contribution is 7.22. The summed E-state index contributed by atoms with van der Waals surface area (Å²) in [5.74, 6) is -2.10. The molecular formula is C26H21FN2O3S2. The number of rotatable bonds is 4. The predicted molar refractivity (Wildman–Crippen MR) is 133 cm³/mol. The summed E-state index contributed by atoms with van der Waals surface area (Å²) >= 11 is 2.39. The fraction of sp³-hybridized carbons (Fsp3) is 0.192. The van der Waals surface area contributed by atoms with Crippen LogP contribution in [0.5, 0.6) is 0 Å². The number of thiazole rings is 1. The Balaban J connectivity index is 1.67. The number of thiophene rings is 1. The summed E-state index contributed by atoms with van der Waals surface area (Å²) in [4.78, 5) is 33.0. The van der Waals surface area contributed by atoms with Crippen molar-refractivity contribution in [3.8, 4) is 0 Å². The Labute approximate surface area is 203 Å². The van der Waals surface area contributed by atoms with E-state index in [4.69, 9.17) is 0 Å². The molecule has 0 fully saturated rings. The second-order valence-electron chi connectivity index (χ2n) is 9.13. The van der Waals surface area contributed by atoms with E-state index in [1.54, 1.807) is 23.6 Å². The summed E-state index contributed by atoms with van der Waals surface area (Å²) in [6.45, 7) is 6.31. The van der Waals surface area contributed by atoms with Crippen molar-refractivity contribution in [3.05, 3.63) is 93.1 Å². The van der Waals surface area contributed by atoms with Crippen molar-refractivity contribution in [2.75, 3.05) is 4.90 Å². The first kappa shape index (κ1) is 22.4. The quantitative estimate of drug-likeness (QED) is 0.327. The highest BCUT2D eigenvalue weighted by Gasteiger charge is 2.46. The molecule has 1 aliphatic rings. The van der Waals surface area contributed by atoms with Crippen molar-refractivity contribution in [3.63, 3.8) is 0 Å². The molecule has 172 valence electrons. The van der Waals surface area contributed by atoms with E-state index in [0.717, 1.165) is 16.9 Å². The van der Waals surface area contributed by atoms with Gasteiger partial charge in [-0.25, -0.2) is 9.37 Å². The number of ketones is 1. The van der Waals surface area contributed by atoms with Gasteiger partial charge < -0.3 is 5.11 Å². The Hall–Kier alpha value is -3.36. The van der Waals surface area contributed by atoms with E-state index in [1.807, 2.05) is 24.3 Å². The van der Waals surface area contributed by atoms with Crippen LogP contribution < -0.4 is 4.90 Å². The number of nitrogens with zero attached hydrogens (tertiary/aromatic N) is 2. The first-order valence-electron chi connectivity index (χ1n) is 10.7. The monoisotopic (exact) mass is 492 g/mol. The number of carbonyl (C=O) groups excluding carboxylic acids is 2. The molecule has 3 heterocycles. The van der Waals surface area contributed by atoms with Crippen molar-refractivity contribution >= 4 is 49.7 Å². The lowest BCUT2D eigenvalue weighted by Crippen LogP contribution is -2.31. The molecule has 8 heteroatoms. The van der Waals surface area contributed by atoms with Crippen LogP contribution in [0.2, 0.25) is 0 Å². The normalized spacial score (nSPS) is 16.6. The Bertz CT molecular complexity index is 1450. The van der Waals surface area contributed by atoms with Gasteiger partial charge in [0, 0.05) is 0 Å². The molecular weight excluding hydrogens is 471 g/mol. The molecule has 0 bridgehead atoms. The molecule has 34 heavy (non-hydrogen) atoms. The van der Waals surface area contributed by atoms with Gasteiger partial charge in [-0.2, -0.15) is 0 Å². The molecule has 1 aliphatic heterocycles. The molecule has 1 N–H and O–H groups in total. The smallest absolute Gasteiger partial charge is 0.296 e. The molecule has 2 aromatic heterocycles. The van der Waals surface area contributed by atoms with Crippen LogP contribution in [0.1, 0.15) is 47.6 Å². The number of aromatic nitrogens is 1. The molecule has 5 nitrogen and oxygen atoms in total. The number of hydrogen-bond donors (Lipinski definition) is 1. The number of carbonyl (C=O) groups is 2. The number of benzene rings is 2. The average molecular weight is 493 g/mol. The molecule has 5 rings (SSSR count). The maximum absolute atomic E-state index is 13.8. The van der Waals surface area contributed by atoms with Crippen molar-refractivity contribution in [1.82, 2.24) is 4.98 Å². The standard InChI is InChI=1S/C26H21FN2O3S2/c1-26(2,3)15-8-6-14(7-9-15)21-20(22(30)18-5-4-12-33-18)23(31)24(32)29(21)25-28-17-11-10-16(27)13-19(17)34-25/h4-13,21,31H,1-3H3/t21-/m1/s1. The zero-order chi connectivity index (χ0) is 24.2. The fourth-order valence-corrected chi connectivity index (χ4v) is 5.74. The van der Waals surface area contributed by atoms with Crippen LogP contribution in [-0.4, -0.2) is 21.8 Å². The highest BCUT2D eigenvalue weighted by atomic mass is 32.1. The zero-order valence-electron chi connectivity index (χ0n) is 18.7. The zero-order valence-corrected chi connectivity index (χ0v) is 20.3. The van der Waals surface area contributed by atoms with Crippen LogP contribution in [0.15, 0.2) is 71.3 Å². The molecule has 0 spiro atoms. The molecule has 1 amide bonds. The topological polar surface area (TPSA) is 70.5 Å². The molecule has 4 aromatic rings. The number of fused-ring (bicyclic) bond motifs is 1. The van der Waals surface area contributed by atoms with E-state index in [2.05, 4.69) is 25.8 Å². The molecule has 0 unspecified atom stereocenters. The number of anilines is 1. The molecule has 0 saturated carbocycles. The third-order valence-corrected chi connectivity index (χ3v) is 7.72. The SMILES string of the molecule is CC(C)(C)c1ccc([C@@H]2C(C(=O)c3cccs3)=C(O)C(=O)N2c2nc3ccc(F)cc3s2)cc1. The Kier molecular flexibility index (Phi) is 5.37. The van der Waals surface area contributed by atoms with Gasteiger partial charge in [-0.3, -0.25) is 14.5 Å². The van der Waals surface area contributed by atoms with Crippen LogP contribution in [0.25, 0.3) is 10.2 Å². The first-order valence-corrected chi connectivity index (χ1v) is 12.4. The van der Waals surface area contributed by atoms with Gasteiger partial charge in [-0.15, -0.1) is 11.3 Å². The van der Waals surface area contributed by atoms with Crippen molar-refractivity contribution in [1.29, 1.82) is 0 Å². The largest absolute Gasteiger partial charge is 0.503 e. The van der Waals surface area contributed by atoms with E-state index in [1.165, 1.54) is 28.4 Å². The van der Waals surface area contributed by atoms with Gasteiger partial charge in [0.1, 0.15) is 5.82 Å². The second-order valence-corrected chi connectivity index (χ2v) is 11.1. The first-order chi connectivity index (χ1) is 16.1.